The topological polar surface area (TPSA) is 52.7 Å². The van der Waals surface area contributed by atoms with Crippen molar-refractivity contribution in [1.29, 1.82) is 0 Å². The quantitative estimate of drug-likeness (QED) is 0.832. The standard InChI is InChI=1S/C21H22F3N3O2/c22-21(23,24)17-6-4-5-16(13-17)14-20(29)27-11-9-26(10-12-27)15-19(28)25-18-7-2-1-3-8-18/h1-8,13H,9-12,14-15H2,(H,25,28). The zero-order chi connectivity index (χ0) is 20.9. The lowest BCUT2D eigenvalue weighted by atomic mass is 10.1. The Bertz CT molecular complexity index is 848. The third kappa shape index (κ3) is 6.05. The van der Waals surface area contributed by atoms with Gasteiger partial charge in [-0.15, -0.1) is 0 Å². The van der Waals surface area contributed by atoms with E-state index in [-0.39, 0.29) is 24.8 Å². The summed E-state index contributed by atoms with van der Waals surface area (Å²) >= 11 is 0. The van der Waals surface area contributed by atoms with E-state index in [1.54, 1.807) is 4.90 Å². The Balaban J connectivity index is 1.46. The maximum Gasteiger partial charge on any atom is 0.416 e. The Morgan fingerprint density at radius 2 is 1.62 bits per heavy atom. The van der Waals surface area contributed by atoms with Gasteiger partial charge in [-0.05, 0) is 23.8 Å². The van der Waals surface area contributed by atoms with Crippen LogP contribution in [0.15, 0.2) is 54.6 Å². The Labute approximate surface area is 167 Å². The number of anilines is 1. The Morgan fingerprint density at radius 1 is 0.931 bits per heavy atom. The van der Waals surface area contributed by atoms with Crippen LogP contribution in [0, 0.1) is 0 Å². The molecule has 1 aliphatic heterocycles. The molecule has 0 unspecified atom stereocenters. The van der Waals surface area contributed by atoms with Crippen LogP contribution in [0.4, 0.5) is 18.9 Å². The lowest BCUT2D eigenvalue weighted by Crippen LogP contribution is -2.50. The van der Waals surface area contributed by atoms with Gasteiger partial charge in [0, 0.05) is 31.9 Å². The van der Waals surface area contributed by atoms with Gasteiger partial charge in [-0.3, -0.25) is 14.5 Å². The summed E-state index contributed by atoms with van der Waals surface area (Å²) in [6.45, 7) is 2.18. The van der Waals surface area contributed by atoms with Gasteiger partial charge in [-0.2, -0.15) is 13.2 Å². The van der Waals surface area contributed by atoms with Gasteiger partial charge in [0.1, 0.15) is 0 Å². The summed E-state index contributed by atoms with van der Waals surface area (Å²) in [4.78, 5) is 28.2. The van der Waals surface area contributed by atoms with Crippen LogP contribution >= 0.6 is 0 Å². The van der Waals surface area contributed by atoms with Crippen molar-refractivity contribution in [1.82, 2.24) is 9.80 Å². The highest BCUT2D eigenvalue weighted by atomic mass is 19.4. The number of carbonyl (C=O) groups excluding carboxylic acids is 2. The molecule has 1 saturated heterocycles. The maximum absolute atomic E-state index is 12.8. The summed E-state index contributed by atoms with van der Waals surface area (Å²) in [5, 5.41) is 2.82. The van der Waals surface area contributed by atoms with Crippen molar-refractivity contribution in [3.05, 3.63) is 65.7 Å². The molecule has 2 aromatic carbocycles. The third-order valence-electron chi connectivity index (χ3n) is 4.76. The summed E-state index contributed by atoms with van der Waals surface area (Å²) in [7, 11) is 0. The molecule has 0 spiro atoms. The van der Waals surface area contributed by atoms with Gasteiger partial charge in [0.25, 0.3) is 0 Å². The van der Waals surface area contributed by atoms with Crippen LogP contribution < -0.4 is 5.32 Å². The highest BCUT2D eigenvalue weighted by molar-refractivity contribution is 5.92. The van der Waals surface area contributed by atoms with Crippen LogP contribution in [0.25, 0.3) is 0 Å². The fourth-order valence-electron chi connectivity index (χ4n) is 3.22. The average Bonchev–Trinajstić information content (AvgIpc) is 2.69. The fraction of sp³-hybridized carbons (Fsp3) is 0.333. The molecule has 3 rings (SSSR count). The van der Waals surface area contributed by atoms with Crippen LogP contribution in [0.3, 0.4) is 0 Å². The highest BCUT2D eigenvalue weighted by Gasteiger charge is 2.30. The first kappa shape index (κ1) is 20.9. The van der Waals surface area contributed by atoms with Crippen LogP contribution in [-0.2, 0) is 22.2 Å². The van der Waals surface area contributed by atoms with Crippen LogP contribution in [0.1, 0.15) is 11.1 Å². The molecule has 0 aromatic heterocycles. The smallest absolute Gasteiger partial charge is 0.340 e. The van der Waals surface area contributed by atoms with E-state index in [2.05, 4.69) is 5.32 Å². The van der Waals surface area contributed by atoms with Crippen LogP contribution in [-0.4, -0.2) is 54.3 Å². The molecule has 154 valence electrons. The average molecular weight is 405 g/mol. The van der Waals surface area contributed by atoms with Crippen molar-refractivity contribution in [2.75, 3.05) is 38.0 Å². The molecule has 1 aliphatic rings. The number of nitrogens with zero attached hydrogens (tertiary/aromatic N) is 2. The number of benzene rings is 2. The van der Waals surface area contributed by atoms with E-state index >= 15 is 0 Å². The molecule has 1 fully saturated rings. The van der Waals surface area contributed by atoms with Crippen molar-refractivity contribution in [3.8, 4) is 0 Å². The van der Waals surface area contributed by atoms with E-state index in [0.29, 0.717) is 31.7 Å². The number of piperazine rings is 1. The lowest BCUT2D eigenvalue weighted by molar-refractivity contribution is -0.138. The number of para-hydroxylation sites is 1. The Kier molecular flexibility index (Phi) is 6.53. The van der Waals surface area contributed by atoms with E-state index in [4.69, 9.17) is 0 Å². The van der Waals surface area contributed by atoms with Crippen molar-refractivity contribution in [2.45, 2.75) is 12.6 Å². The second kappa shape index (κ2) is 9.09. The number of hydrogen-bond donors (Lipinski definition) is 1. The monoisotopic (exact) mass is 405 g/mol. The molecule has 29 heavy (non-hydrogen) atoms. The van der Waals surface area contributed by atoms with E-state index in [1.807, 2.05) is 35.2 Å². The van der Waals surface area contributed by atoms with Crippen molar-refractivity contribution < 1.29 is 22.8 Å². The molecule has 1 N–H and O–H groups in total. The van der Waals surface area contributed by atoms with E-state index in [1.165, 1.54) is 12.1 Å². The zero-order valence-electron chi connectivity index (χ0n) is 15.8. The summed E-state index contributed by atoms with van der Waals surface area (Å²) in [5.74, 6) is -0.336. The molecule has 5 nitrogen and oxygen atoms in total. The molecule has 0 radical (unpaired) electrons. The molecule has 8 heteroatoms. The molecular formula is C21H22F3N3O2. The highest BCUT2D eigenvalue weighted by Crippen LogP contribution is 2.29. The van der Waals surface area contributed by atoms with E-state index in [0.717, 1.165) is 17.8 Å². The molecule has 2 aromatic rings. The first-order chi connectivity index (χ1) is 13.8. The van der Waals surface area contributed by atoms with Crippen molar-refractivity contribution in [2.24, 2.45) is 0 Å². The zero-order valence-corrected chi connectivity index (χ0v) is 15.8. The summed E-state index contributed by atoms with van der Waals surface area (Å²) in [6, 6.07) is 14.0. The number of halogens is 3. The van der Waals surface area contributed by atoms with E-state index in [9.17, 15) is 22.8 Å². The summed E-state index contributed by atoms with van der Waals surface area (Å²) in [6.07, 6.45) is -4.50. The lowest BCUT2D eigenvalue weighted by Gasteiger charge is -2.34. The number of nitrogens with one attached hydrogen (secondary N) is 1. The van der Waals surface area contributed by atoms with Gasteiger partial charge >= 0.3 is 6.18 Å². The number of amides is 2. The number of carbonyl (C=O) groups is 2. The molecule has 0 aliphatic carbocycles. The van der Waals surface area contributed by atoms with Gasteiger partial charge in [0.05, 0.1) is 18.5 Å². The molecule has 0 bridgehead atoms. The predicted octanol–water partition coefficient (Wildman–Crippen LogP) is 3.03. The SMILES string of the molecule is O=C(CN1CCN(C(=O)Cc2cccc(C(F)(F)F)c2)CC1)Nc1ccccc1. The minimum Gasteiger partial charge on any atom is -0.340 e. The summed E-state index contributed by atoms with van der Waals surface area (Å²) in [5.41, 5.74) is 0.318. The van der Waals surface area contributed by atoms with Gasteiger partial charge in [0.2, 0.25) is 11.8 Å². The van der Waals surface area contributed by atoms with Gasteiger partial charge < -0.3 is 10.2 Å². The molecule has 1 heterocycles. The Hall–Kier alpha value is -2.87. The van der Waals surface area contributed by atoms with Gasteiger partial charge in [0.15, 0.2) is 0 Å². The minimum absolute atomic E-state index is 0.0710. The molecular weight excluding hydrogens is 383 g/mol. The number of hydrogen-bond acceptors (Lipinski definition) is 3. The van der Waals surface area contributed by atoms with Gasteiger partial charge in [-0.1, -0.05) is 36.4 Å². The molecule has 0 atom stereocenters. The Morgan fingerprint density at radius 3 is 2.28 bits per heavy atom. The van der Waals surface area contributed by atoms with E-state index < -0.39 is 11.7 Å². The summed E-state index contributed by atoms with van der Waals surface area (Å²) < 4.78 is 38.4. The van der Waals surface area contributed by atoms with Crippen molar-refractivity contribution in [3.63, 3.8) is 0 Å². The second-order valence-corrected chi connectivity index (χ2v) is 6.95. The van der Waals surface area contributed by atoms with Gasteiger partial charge in [-0.25, -0.2) is 0 Å². The maximum atomic E-state index is 12.8. The first-order valence-electron chi connectivity index (χ1n) is 9.32. The third-order valence-corrected chi connectivity index (χ3v) is 4.76. The fourth-order valence-corrected chi connectivity index (χ4v) is 3.22. The predicted molar refractivity (Wildman–Crippen MR) is 103 cm³/mol. The first-order valence-corrected chi connectivity index (χ1v) is 9.32. The molecule has 0 saturated carbocycles. The van der Waals surface area contributed by atoms with Crippen LogP contribution in [0.2, 0.25) is 0 Å². The minimum atomic E-state index is -4.43. The second-order valence-electron chi connectivity index (χ2n) is 6.95. The number of alkyl halides is 3. The van der Waals surface area contributed by atoms with Crippen molar-refractivity contribution >= 4 is 17.5 Å². The number of rotatable bonds is 5. The largest absolute Gasteiger partial charge is 0.416 e. The normalized spacial score (nSPS) is 15.2. The van der Waals surface area contributed by atoms with Crippen LogP contribution in [0.5, 0.6) is 0 Å². The molecule has 2 amide bonds.